The number of rotatable bonds is 6. The Kier molecular flexibility index (Phi) is 5.23. The first-order valence-electron chi connectivity index (χ1n) is 7.04. The van der Waals surface area contributed by atoms with Crippen molar-refractivity contribution >= 4 is 5.78 Å². The average molecular weight is 285 g/mol. The van der Waals surface area contributed by atoms with E-state index in [1.54, 1.807) is 18.2 Å². The molecule has 110 valence electrons. The third-order valence-electron chi connectivity index (χ3n) is 3.49. The lowest BCUT2D eigenvalue weighted by atomic mass is 10.1. The summed E-state index contributed by atoms with van der Waals surface area (Å²) >= 11 is 0. The van der Waals surface area contributed by atoms with Crippen LogP contribution in [0.2, 0.25) is 0 Å². The molecule has 0 aliphatic carbocycles. The first-order valence-corrected chi connectivity index (χ1v) is 7.04. The molecule has 0 amide bonds. The van der Waals surface area contributed by atoms with Gasteiger partial charge < -0.3 is 0 Å². The summed E-state index contributed by atoms with van der Waals surface area (Å²) in [5.74, 6) is -0.288. The van der Waals surface area contributed by atoms with Gasteiger partial charge in [-0.25, -0.2) is 4.39 Å². The minimum Gasteiger partial charge on any atom is -0.298 e. The molecule has 0 aliphatic heterocycles. The fraction of sp³-hybridized carbons (Fsp3) is 0.278. The maximum Gasteiger partial charge on any atom is 0.151 e. The van der Waals surface area contributed by atoms with Crippen molar-refractivity contribution in [3.63, 3.8) is 0 Å². The van der Waals surface area contributed by atoms with Crippen LogP contribution in [-0.2, 0) is 17.8 Å². The second-order valence-corrected chi connectivity index (χ2v) is 5.41. The van der Waals surface area contributed by atoms with Crippen LogP contribution in [0.3, 0.4) is 0 Å². The molecule has 2 rings (SSSR count). The number of nitrogens with zero attached hydrogens (tertiary/aromatic N) is 1. The number of Topliss-reactive ketones (excluding diaryl/α,β-unsaturated/α-hetero) is 1. The Morgan fingerprint density at radius 3 is 2.33 bits per heavy atom. The summed E-state index contributed by atoms with van der Waals surface area (Å²) in [5, 5.41) is 0. The molecule has 0 atom stereocenters. The third kappa shape index (κ3) is 4.50. The Labute approximate surface area is 125 Å². The molecule has 2 aromatic rings. The van der Waals surface area contributed by atoms with Crippen molar-refractivity contribution in [3.8, 4) is 0 Å². The minimum absolute atomic E-state index is 0.0242. The predicted molar refractivity (Wildman–Crippen MR) is 82.6 cm³/mol. The summed E-state index contributed by atoms with van der Waals surface area (Å²) in [7, 11) is 1.91. The van der Waals surface area contributed by atoms with Gasteiger partial charge in [-0.3, -0.25) is 9.69 Å². The van der Waals surface area contributed by atoms with Gasteiger partial charge in [0, 0.05) is 13.0 Å². The summed E-state index contributed by atoms with van der Waals surface area (Å²) in [5.41, 5.74) is 2.89. The third-order valence-corrected chi connectivity index (χ3v) is 3.49. The van der Waals surface area contributed by atoms with Crippen LogP contribution in [0.1, 0.15) is 16.7 Å². The van der Waals surface area contributed by atoms with E-state index in [4.69, 9.17) is 0 Å². The topological polar surface area (TPSA) is 20.3 Å². The van der Waals surface area contributed by atoms with Gasteiger partial charge in [0.25, 0.3) is 0 Å². The van der Waals surface area contributed by atoms with Gasteiger partial charge in [0.1, 0.15) is 5.82 Å². The van der Waals surface area contributed by atoms with Crippen LogP contribution in [0.15, 0.2) is 48.5 Å². The molecule has 0 heterocycles. The Balaban J connectivity index is 1.91. The van der Waals surface area contributed by atoms with E-state index in [-0.39, 0.29) is 18.0 Å². The predicted octanol–water partition coefficient (Wildman–Crippen LogP) is 3.38. The minimum atomic E-state index is -0.313. The van der Waals surface area contributed by atoms with Crippen molar-refractivity contribution in [1.82, 2.24) is 4.90 Å². The molecule has 2 aromatic carbocycles. The van der Waals surface area contributed by atoms with E-state index in [0.717, 1.165) is 6.54 Å². The number of aryl methyl sites for hydroxylation is 1. The highest BCUT2D eigenvalue weighted by Crippen LogP contribution is 2.11. The van der Waals surface area contributed by atoms with E-state index < -0.39 is 0 Å². The number of ketones is 1. The second-order valence-electron chi connectivity index (χ2n) is 5.41. The van der Waals surface area contributed by atoms with Crippen LogP contribution >= 0.6 is 0 Å². The van der Waals surface area contributed by atoms with Gasteiger partial charge in [-0.2, -0.15) is 0 Å². The van der Waals surface area contributed by atoms with Crippen LogP contribution in [0.4, 0.5) is 4.39 Å². The molecule has 21 heavy (non-hydrogen) atoms. The molecule has 0 fully saturated rings. The van der Waals surface area contributed by atoms with Crippen molar-refractivity contribution < 1.29 is 9.18 Å². The van der Waals surface area contributed by atoms with Crippen LogP contribution in [0, 0.1) is 12.7 Å². The summed E-state index contributed by atoms with van der Waals surface area (Å²) < 4.78 is 13.5. The molecule has 0 radical (unpaired) electrons. The number of carbonyl (C=O) groups excluding carboxylic acids is 1. The summed E-state index contributed by atoms with van der Waals surface area (Å²) in [4.78, 5) is 14.0. The SMILES string of the molecule is Cc1ccccc1CN(C)CC(=O)Cc1ccccc1F. The Hall–Kier alpha value is -2.00. The molecular formula is C18H20FNO. The van der Waals surface area contributed by atoms with E-state index in [1.165, 1.54) is 17.2 Å². The van der Waals surface area contributed by atoms with Crippen LogP contribution in [-0.4, -0.2) is 24.3 Å². The van der Waals surface area contributed by atoms with Gasteiger partial charge in [0.15, 0.2) is 5.78 Å². The zero-order valence-corrected chi connectivity index (χ0v) is 12.5. The van der Waals surface area contributed by atoms with Gasteiger partial charge >= 0.3 is 0 Å². The van der Waals surface area contributed by atoms with Crippen LogP contribution in [0.25, 0.3) is 0 Å². The maximum absolute atomic E-state index is 13.5. The molecule has 0 unspecified atom stereocenters. The fourth-order valence-corrected chi connectivity index (χ4v) is 2.35. The highest BCUT2D eigenvalue weighted by atomic mass is 19.1. The number of hydrogen-bond donors (Lipinski definition) is 0. The summed E-state index contributed by atoms with van der Waals surface area (Å²) in [6, 6.07) is 14.6. The van der Waals surface area contributed by atoms with Crippen LogP contribution < -0.4 is 0 Å². The standard InChI is InChI=1S/C18H20FNO/c1-14-7-3-4-9-16(14)12-20(2)13-17(21)11-15-8-5-6-10-18(15)19/h3-10H,11-13H2,1-2H3. The molecule has 0 saturated carbocycles. The Morgan fingerprint density at radius 2 is 1.67 bits per heavy atom. The highest BCUT2D eigenvalue weighted by molar-refractivity contribution is 5.82. The molecule has 0 aliphatic rings. The van der Waals surface area contributed by atoms with Crippen molar-refractivity contribution in [2.45, 2.75) is 19.9 Å². The van der Waals surface area contributed by atoms with Gasteiger partial charge in [-0.15, -0.1) is 0 Å². The molecule has 0 spiro atoms. The monoisotopic (exact) mass is 285 g/mol. The van der Waals surface area contributed by atoms with E-state index in [0.29, 0.717) is 12.1 Å². The van der Waals surface area contributed by atoms with Gasteiger partial charge in [0.05, 0.1) is 6.54 Å². The number of likely N-dealkylation sites (N-methyl/N-ethyl adjacent to an activating group) is 1. The summed E-state index contributed by atoms with van der Waals surface area (Å²) in [6.45, 7) is 3.10. The van der Waals surface area contributed by atoms with E-state index in [1.807, 2.05) is 24.1 Å². The van der Waals surface area contributed by atoms with Crippen LogP contribution in [0.5, 0.6) is 0 Å². The second kappa shape index (κ2) is 7.14. The van der Waals surface area contributed by atoms with Crippen molar-refractivity contribution in [2.24, 2.45) is 0 Å². The average Bonchev–Trinajstić information content (AvgIpc) is 2.44. The lowest BCUT2D eigenvalue weighted by Gasteiger charge is -2.17. The lowest BCUT2D eigenvalue weighted by Crippen LogP contribution is -2.27. The molecule has 0 saturated heterocycles. The summed E-state index contributed by atoms with van der Waals surface area (Å²) in [6.07, 6.45) is 0.144. The van der Waals surface area contributed by atoms with Gasteiger partial charge in [-0.1, -0.05) is 42.5 Å². The zero-order valence-electron chi connectivity index (χ0n) is 12.5. The molecule has 0 aromatic heterocycles. The van der Waals surface area contributed by atoms with E-state index in [9.17, 15) is 9.18 Å². The normalized spacial score (nSPS) is 10.9. The van der Waals surface area contributed by atoms with Crippen molar-refractivity contribution in [3.05, 3.63) is 71.0 Å². The van der Waals surface area contributed by atoms with Gasteiger partial charge in [-0.05, 0) is 36.7 Å². The number of carbonyl (C=O) groups is 1. The van der Waals surface area contributed by atoms with E-state index in [2.05, 4.69) is 19.1 Å². The first-order chi connectivity index (χ1) is 10.1. The molecule has 3 heteroatoms. The number of benzene rings is 2. The smallest absolute Gasteiger partial charge is 0.151 e. The molecular weight excluding hydrogens is 265 g/mol. The molecule has 0 N–H and O–H groups in total. The highest BCUT2D eigenvalue weighted by Gasteiger charge is 2.11. The Morgan fingerprint density at radius 1 is 1.05 bits per heavy atom. The number of hydrogen-bond acceptors (Lipinski definition) is 2. The van der Waals surface area contributed by atoms with Gasteiger partial charge in [0.2, 0.25) is 0 Å². The zero-order chi connectivity index (χ0) is 15.2. The van der Waals surface area contributed by atoms with Crippen molar-refractivity contribution in [2.75, 3.05) is 13.6 Å². The quantitative estimate of drug-likeness (QED) is 0.811. The fourth-order valence-electron chi connectivity index (χ4n) is 2.35. The maximum atomic E-state index is 13.5. The number of halogens is 1. The van der Waals surface area contributed by atoms with E-state index >= 15 is 0 Å². The Bertz CT molecular complexity index is 624. The molecule has 2 nitrogen and oxygen atoms in total. The lowest BCUT2D eigenvalue weighted by molar-refractivity contribution is -0.119. The van der Waals surface area contributed by atoms with Crippen molar-refractivity contribution in [1.29, 1.82) is 0 Å². The largest absolute Gasteiger partial charge is 0.298 e. The molecule has 0 bridgehead atoms. The first kappa shape index (κ1) is 15.4.